The molecule has 20 heavy (non-hydrogen) atoms. The van der Waals surface area contributed by atoms with Gasteiger partial charge in [-0.25, -0.2) is 0 Å². The van der Waals surface area contributed by atoms with E-state index in [0.717, 1.165) is 25.7 Å². The third kappa shape index (κ3) is 3.36. The fraction of sp³-hybridized carbons (Fsp3) is 0.786. The van der Waals surface area contributed by atoms with E-state index in [-0.39, 0.29) is 12.4 Å². The summed E-state index contributed by atoms with van der Waals surface area (Å²) in [5.41, 5.74) is -0.465. The lowest BCUT2D eigenvalue weighted by atomic mass is 9.93. The molecule has 0 amide bonds. The number of methoxy groups -OCH3 is 1. The largest absolute Gasteiger partial charge is 0.466 e. The van der Waals surface area contributed by atoms with E-state index in [1.165, 1.54) is 12.8 Å². The number of hydrogen-bond donors (Lipinski definition) is 0. The number of rotatable bonds is 5. The molecule has 2 rings (SSSR count). The molecular formula is C14H22N2O4. The van der Waals surface area contributed by atoms with Crippen molar-refractivity contribution in [2.45, 2.75) is 57.5 Å². The Morgan fingerprint density at radius 3 is 2.60 bits per heavy atom. The summed E-state index contributed by atoms with van der Waals surface area (Å²) in [6, 6.07) is 0. The van der Waals surface area contributed by atoms with Gasteiger partial charge in [0.2, 0.25) is 11.7 Å². The van der Waals surface area contributed by atoms with Gasteiger partial charge in [0, 0.05) is 7.11 Å². The Bertz CT molecular complexity index is 436. The number of carbonyl (C=O) groups is 1. The summed E-state index contributed by atoms with van der Waals surface area (Å²) in [7, 11) is 1.69. The molecule has 0 atom stereocenters. The van der Waals surface area contributed by atoms with Gasteiger partial charge in [0.05, 0.1) is 6.61 Å². The van der Waals surface area contributed by atoms with E-state index in [0.29, 0.717) is 18.3 Å². The van der Waals surface area contributed by atoms with Crippen molar-refractivity contribution in [2.75, 3.05) is 13.7 Å². The molecule has 0 aliphatic heterocycles. The summed E-state index contributed by atoms with van der Waals surface area (Å²) in [6.45, 7) is 2.12. The number of carbonyl (C=O) groups excluding carboxylic acids is 1. The monoisotopic (exact) mass is 282 g/mol. The van der Waals surface area contributed by atoms with Crippen LogP contribution in [0.3, 0.4) is 0 Å². The average molecular weight is 282 g/mol. The van der Waals surface area contributed by atoms with Crippen LogP contribution in [0.2, 0.25) is 0 Å². The quantitative estimate of drug-likeness (QED) is 0.609. The second-order valence-electron chi connectivity index (χ2n) is 5.11. The van der Waals surface area contributed by atoms with Crippen LogP contribution in [0.15, 0.2) is 4.52 Å². The SMILES string of the molecule is CCOC(=O)Cc1nc(C2(OC)CCCCCC2)no1. The summed E-state index contributed by atoms with van der Waals surface area (Å²) in [6.07, 6.45) is 6.40. The Hall–Kier alpha value is -1.43. The van der Waals surface area contributed by atoms with Crippen molar-refractivity contribution in [1.82, 2.24) is 10.1 Å². The highest BCUT2D eigenvalue weighted by molar-refractivity contribution is 5.71. The van der Waals surface area contributed by atoms with Crippen LogP contribution in [0.5, 0.6) is 0 Å². The highest BCUT2D eigenvalue weighted by Gasteiger charge is 2.37. The van der Waals surface area contributed by atoms with Crippen LogP contribution in [0.4, 0.5) is 0 Å². The summed E-state index contributed by atoms with van der Waals surface area (Å²) >= 11 is 0. The molecule has 1 aromatic rings. The summed E-state index contributed by atoms with van der Waals surface area (Å²) in [5.74, 6) is 0.496. The topological polar surface area (TPSA) is 74.5 Å². The summed E-state index contributed by atoms with van der Waals surface area (Å²) in [4.78, 5) is 15.8. The first-order valence-electron chi connectivity index (χ1n) is 7.24. The molecule has 1 fully saturated rings. The molecule has 1 saturated carbocycles. The van der Waals surface area contributed by atoms with Gasteiger partial charge >= 0.3 is 5.97 Å². The van der Waals surface area contributed by atoms with Gasteiger partial charge in [0.15, 0.2) is 0 Å². The average Bonchev–Trinajstić information content (AvgIpc) is 2.76. The molecule has 6 heteroatoms. The zero-order valence-electron chi connectivity index (χ0n) is 12.2. The molecule has 1 heterocycles. The van der Waals surface area contributed by atoms with Crippen molar-refractivity contribution < 1.29 is 18.8 Å². The lowest BCUT2D eigenvalue weighted by molar-refractivity contribution is -0.142. The Morgan fingerprint density at radius 2 is 2.00 bits per heavy atom. The van der Waals surface area contributed by atoms with Crippen molar-refractivity contribution in [3.63, 3.8) is 0 Å². The minimum Gasteiger partial charge on any atom is -0.466 e. The lowest BCUT2D eigenvalue weighted by Gasteiger charge is -2.27. The van der Waals surface area contributed by atoms with Gasteiger partial charge in [-0.15, -0.1) is 0 Å². The maximum Gasteiger partial charge on any atom is 0.315 e. The normalized spacial score (nSPS) is 18.5. The molecule has 6 nitrogen and oxygen atoms in total. The van der Waals surface area contributed by atoms with Crippen LogP contribution in [0.1, 0.15) is 57.2 Å². The van der Waals surface area contributed by atoms with Gasteiger partial charge in [-0.1, -0.05) is 30.8 Å². The fourth-order valence-electron chi connectivity index (χ4n) is 2.67. The summed E-state index contributed by atoms with van der Waals surface area (Å²) < 4.78 is 15.7. The van der Waals surface area contributed by atoms with Crippen molar-refractivity contribution >= 4 is 5.97 Å². The van der Waals surface area contributed by atoms with Crippen LogP contribution in [0, 0.1) is 0 Å². The van der Waals surface area contributed by atoms with Gasteiger partial charge in [-0.3, -0.25) is 4.79 Å². The van der Waals surface area contributed by atoms with Crippen LogP contribution in [-0.4, -0.2) is 29.8 Å². The van der Waals surface area contributed by atoms with Crippen molar-refractivity contribution in [3.05, 3.63) is 11.7 Å². The maximum absolute atomic E-state index is 11.4. The van der Waals surface area contributed by atoms with Gasteiger partial charge in [0.1, 0.15) is 12.0 Å². The fourth-order valence-corrected chi connectivity index (χ4v) is 2.67. The Kier molecular flexibility index (Phi) is 5.11. The molecule has 1 aromatic heterocycles. The van der Waals surface area contributed by atoms with E-state index >= 15 is 0 Å². The van der Waals surface area contributed by atoms with E-state index in [1.54, 1.807) is 14.0 Å². The first-order chi connectivity index (χ1) is 9.70. The van der Waals surface area contributed by atoms with Gasteiger partial charge in [0.25, 0.3) is 0 Å². The third-order valence-electron chi connectivity index (χ3n) is 3.78. The molecule has 0 aromatic carbocycles. The lowest BCUT2D eigenvalue weighted by Crippen LogP contribution is -2.29. The molecule has 0 spiro atoms. The maximum atomic E-state index is 11.4. The van der Waals surface area contributed by atoms with Gasteiger partial charge in [-0.05, 0) is 19.8 Å². The highest BCUT2D eigenvalue weighted by Crippen LogP contribution is 2.37. The predicted octanol–water partition coefficient (Wildman–Crippen LogP) is 2.37. The van der Waals surface area contributed by atoms with E-state index in [9.17, 15) is 4.79 Å². The van der Waals surface area contributed by atoms with E-state index in [2.05, 4.69) is 10.1 Å². The van der Waals surface area contributed by atoms with Crippen molar-refractivity contribution in [3.8, 4) is 0 Å². The standard InChI is InChI=1S/C14H22N2O4/c1-3-19-12(17)10-11-15-13(16-20-11)14(18-2)8-6-4-5-7-9-14/h3-10H2,1-2H3. The Labute approximate surface area is 118 Å². The molecule has 112 valence electrons. The van der Waals surface area contributed by atoms with Crippen LogP contribution < -0.4 is 0 Å². The van der Waals surface area contributed by atoms with Crippen molar-refractivity contribution in [1.29, 1.82) is 0 Å². The van der Waals surface area contributed by atoms with Crippen LogP contribution >= 0.6 is 0 Å². The molecule has 1 aliphatic carbocycles. The van der Waals surface area contributed by atoms with Crippen molar-refractivity contribution in [2.24, 2.45) is 0 Å². The third-order valence-corrected chi connectivity index (χ3v) is 3.78. The van der Waals surface area contributed by atoms with E-state index < -0.39 is 5.60 Å². The first kappa shape index (κ1) is 15.0. The van der Waals surface area contributed by atoms with Crippen LogP contribution in [0.25, 0.3) is 0 Å². The minimum atomic E-state index is -0.465. The second-order valence-corrected chi connectivity index (χ2v) is 5.11. The smallest absolute Gasteiger partial charge is 0.315 e. The molecule has 0 bridgehead atoms. The van der Waals surface area contributed by atoms with E-state index in [4.69, 9.17) is 14.0 Å². The number of aromatic nitrogens is 2. The van der Waals surface area contributed by atoms with Gasteiger partial charge in [-0.2, -0.15) is 4.98 Å². The number of hydrogen-bond acceptors (Lipinski definition) is 6. The Balaban J connectivity index is 2.10. The molecule has 0 unspecified atom stereocenters. The molecule has 0 radical (unpaired) electrons. The second kappa shape index (κ2) is 6.83. The summed E-state index contributed by atoms with van der Waals surface area (Å²) in [5, 5.41) is 4.02. The zero-order valence-corrected chi connectivity index (χ0v) is 12.2. The van der Waals surface area contributed by atoms with E-state index in [1.807, 2.05) is 0 Å². The number of esters is 1. The number of nitrogens with zero attached hydrogens (tertiary/aromatic N) is 2. The molecule has 1 aliphatic rings. The Morgan fingerprint density at radius 1 is 1.30 bits per heavy atom. The molecular weight excluding hydrogens is 260 g/mol. The highest BCUT2D eigenvalue weighted by atomic mass is 16.5. The zero-order chi connectivity index (χ0) is 14.4. The predicted molar refractivity (Wildman–Crippen MR) is 71.0 cm³/mol. The molecule has 0 saturated heterocycles. The minimum absolute atomic E-state index is 0.0145. The number of ether oxygens (including phenoxy) is 2. The van der Waals surface area contributed by atoms with Gasteiger partial charge < -0.3 is 14.0 Å². The molecule has 0 N–H and O–H groups in total. The van der Waals surface area contributed by atoms with Crippen LogP contribution in [-0.2, 0) is 26.3 Å². The first-order valence-corrected chi connectivity index (χ1v) is 7.24.